The lowest BCUT2D eigenvalue weighted by molar-refractivity contribution is 0.178. The van der Waals surface area contributed by atoms with E-state index in [1.165, 1.54) is 0 Å². The molecule has 3 aromatic rings. The number of hydrogen-bond acceptors (Lipinski definition) is 4. The van der Waals surface area contributed by atoms with Crippen molar-refractivity contribution < 1.29 is 13.2 Å². The number of fused-ring (bicyclic) bond motifs is 2. The molecule has 32 heavy (non-hydrogen) atoms. The van der Waals surface area contributed by atoms with E-state index in [0.29, 0.717) is 31.0 Å². The summed E-state index contributed by atoms with van der Waals surface area (Å²) in [6, 6.07) is 20.4. The molecule has 0 aliphatic carbocycles. The highest BCUT2D eigenvalue weighted by molar-refractivity contribution is 7.89. The van der Waals surface area contributed by atoms with E-state index in [1.807, 2.05) is 48.5 Å². The van der Waals surface area contributed by atoms with Crippen LogP contribution in [0.5, 0.6) is 0 Å². The van der Waals surface area contributed by atoms with Gasteiger partial charge in [0, 0.05) is 38.6 Å². The van der Waals surface area contributed by atoms with Crippen LogP contribution < -0.4 is 5.32 Å². The van der Waals surface area contributed by atoms with Crippen molar-refractivity contribution in [1.82, 2.24) is 19.5 Å². The summed E-state index contributed by atoms with van der Waals surface area (Å²) in [5.74, 6) is 0. The van der Waals surface area contributed by atoms with Gasteiger partial charge in [0.15, 0.2) is 0 Å². The van der Waals surface area contributed by atoms with Gasteiger partial charge in [0.1, 0.15) is 0 Å². The topological polar surface area (TPSA) is 82.6 Å². The highest BCUT2D eigenvalue weighted by Crippen LogP contribution is 2.50. The van der Waals surface area contributed by atoms with Crippen LogP contribution in [0.3, 0.4) is 0 Å². The fourth-order valence-electron chi connectivity index (χ4n) is 4.73. The number of benzene rings is 2. The molecule has 2 aliphatic rings. The Kier molecular flexibility index (Phi) is 5.19. The predicted molar refractivity (Wildman–Crippen MR) is 120 cm³/mol. The molecule has 1 spiro atoms. The number of aromatic nitrogens is 1. The lowest BCUT2D eigenvalue weighted by Gasteiger charge is -2.34. The second-order valence-electron chi connectivity index (χ2n) is 8.22. The number of urea groups is 1. The number of carbonyl (C=O) groups excluding carboxylic acids is 1. The number of likely N-dealkylation sites (tertiary alicyclic amines) is 1. The summed E-state index contributed by atoms with van der Waals surface area (Å²) in [4.78, 5) is 19.1. The second kappa shape index (κ2) is 8.03. The van der Waals surface area contributed by atoms with Gasteiger partial charge in [0.25, 0.3) is 0 Å². The van der Waals surface area contributed by atoms with Crippen molar-refractivity contribution in [2.75, 3.05) is 13.1 Å². The van der Waals surface area contributed by atoms with E-state index in [9.17, 15) is 13.2 Å². The summed E-state index contributed by atoms with van der Waals surface area (Å²) < 4.78 is 28.6. The SMILES string of the molecule is O=C(NCc1ccccc1)N1CCC2(C1)c1ccccc1S(=O)(=O)N2Cc1cccnc1. The number of carbonyl (C=O) groups is 1. The monoisotopic (exact) mass is 448 g/mol. The summed E-state index contributed by atoms with van der Waals surface area (Å²) >= 11 is 0. The van der Waals surface area contributed by atoms with Crippen molar-refractivity contribution in [2.24, 2.45) is 0 Å². The fourth-order valence-corrected chi connectivity index (χ4v) is 6.78. The van der Waals surface area contributed by atoms with Gasteiger partial charge in [0.2, 0.25) is 10.0 Å². The van der Waals surface area contributed by atoms with Gasteiger partial charge in [-0.05, 0) is 35.2 Å². The summed E-state index contributed by atoms with van der Waals surface area (Å²) in [7, 11) is -3.69. The number of rotatable bonds is 4. The van der Waals surface area contributed by atoms with Gasteiger partial charge in [-0.15, -0.1) is 0 Å². The van der Waals surface area contributed by atoms with Crippen LogP contribution in [0.15, 0.2) is 84.0 Å². The van der Waals surface area contributed by atoms with E-state index in [4.69, 9.17) is 0 Å². The van der Waals surface area contributed by atoms with Crippen LogP contribution in [-0.2, 0) is 28.7 Å². The smallest absolute Gasteiger partial charge is 0.317 e. The molecule has 0 saturated carbocycles. The molecule has 164 valence electrons. The van der Waals surface area contributed by atoms with Crippen LogP contribution in [0, 0.1) is 0 Å². The molecule has 1 unspecified atom stereocenters. The molecule has 0 bridgehead atoms. The molecule has 8 heteroatoms. The minimum Gasteiger partial charge on any atom is -0.334 e. The average Bonchev–Trinajstić information content (AvgIpc) is 3.34. The van der Waals surface area contributed by atoms with Crippen molar-refractivity contribution in [3.05, 3.63) is 95.8 Å². The molecule has 7 nitrogen and oxygen atoms in total. The molecule has 1 N–H and O–H groups in total. The molecule has 3 heterocycles. The van der Waals surface area contributed by atoms with Crippen molar-refractivity contribution in [1.29, 1.82) is 0 Å². The van der Waals surface area contributed by atoms with Crippen LogP contribution in [0.2, 0.25) is 0 Å². The quantitative estimate of drug-likeness (QED) is 0.665. The van der Waals surface area contributed by atoms with Gasteiger partial charge >= 0.3 is 6.03 Å². The number of nitrogens with one attached hydrogen (secondary N) is 1. The molecule has 1 saturated heterocycles. The van der Waals surface area contributed by atoms with E-state index in [1.54, 1.807) is 39.8 Å². The Bertz CT molecular complexity index is 1230. The molecule has 2 aliphatic heterocycles. The van der Waals surface area contributed by atoms with Crippen LogP contribution in [0.1, 0.15) is 23.1 Å². The minimum absolute atomic E-state index is 0.186. The number of sulfonamides is 1. The first-order chi connectivity index (χ1) is 15.5. The molecule has 5 rings (SSSR count). The van der Waals surface area contributed by atoms with Gasteiger partial charge in [-0.1, -0.05) is 54.6 Å². The molecule has 1 fully saturated rings. The van der Waals surface area contributed by atoms with E-state index < -0.39 is 15.6 Å². The number of hydrogen-bond donors (Lipinski definition) is 1. The van der Waals surface area contributed by atoms with Crippen molar-refractivity contribution >= 4 is 16.1 Å². The maximum atomic E-state index is 13.5. The first-order valence-electron chi connectivity index (χ1n) is 10.6. The summed E-state index contributed by atoms with van der Waals surface area (Å²) in [6.07, 6.45) is 3.90. The molecular weight excluding hydrogens is 424 g/mol. The van der Waals surface area contributed by atoms with E-state index in [0.717, 1.165) is 16.7 Å². The Morgan fingerprint density at radius 2 is 1.75 bits per heavy atom. The molecule has 2 aromatic carbocycles. The Balaban J connectivity index is 1.43. The normalized spacial score (nSPS) is 21.6. The first kappa shape index (κ1) is 20.7. The molecule has 1 atom stereocenters. The average molecular weight is 449 g/mol. The van der Waals surface area contributed by atoms with Crippen LogP contribution in [0.4, 0.5) is 4.79 Å². The second-order valence-corrected chi connectivity index (χ2v) is 10.0. The zero-order chi connectivity index (χ0) is 22.2. The maximum Gasteiger partial charge on any atom is 0.317 e. The summed E-state index contributed by atoms with van der Waals surface area (Å²) in [5.41, 5.74) is 1.81. The Hall–Kier alpha value is -3.23. The van der Waals surface area contributed by atoms with E-state index >= 15 is 0 Å². The lowest BCUT2D eigenvalue weighted by atomic mass is 9.88. The Labute approximate surface area is 187 Å². The van der Waals surface area contributed by atoms with Crippen LogP contribution in [0.25, 0.3) is 0 Å². The third-order valence-electron chi connectivity index (χ3n) is 6.30. The Morgan fingerprint density at radius 1 is 1.00 bits per heavy atom. The first-order valence-corrected chi connectivity index (χ1v) is 12.0. The highest BCUT2D eigenvalue weighted by atomic mass is 32.2. The van der Waals surface area contributed by atoms with Gasteiger partial charge in [-0.25, -0.2) is 13.2 Å². The molecule has 0 radical (unpaired) electrons. The maximum absolute atomic E-state index is 13.5. The number of nitrogens with zero attached hydrogens (tertiary/aromatic N) is 3. The van der Waals surface area contributed by atoms with Gasteiger partial charge < -0.3 is 10.2 Å². The Morgan fingerprint density at radius 3 is 2.53 bits per heavy atom. The third-order valence-corrected chi connectivity index (χ3v) is 8.28. The zero-order valence-electron chi connectivity index (χ0n) is 17.5. The van der Waals surface area contributed by atoms with Crippen LogP contribution >= 0.6 is 0 Å². The van der Waals surface area contributed by atoms with E-state index in [-0.39, 0.29) is 12.6 Å². The van der Waals surface area contributed by atoms with Gasteiger partial charge in [0.05, 0.1) is 10.4 Å². The highest BCUT2D eigenvalue weighted by Gasteiger charge is 2.57. The van der Waals surface area contributed by atoms with E-state index in [2.05, 4.69) is 10.3 Å². The summed E-state index contributed by atoms with van der Waals surface area (Å²) in [6.45, 7) is 1.43. The molecule has 2 amide bonds. The predicted octanol–water partition coefficient (Wildman–Crippen LogP) is 3.10. The van der Waals surface area contributed by atoms with Crippen molar-refractivity contribution in [3.63, 3.8) is 0 Å². The zero-order valence-corrected chi connectivity index (χ0v) is 18.3. The van der Waals surface area contributed by atoms with Gasteiger partial charge in [-0.2, -0.15) is 4.31 Å². The van der Waals surface area contributed by atoms with Crippen molar-refractivity contribution in [3.8, 4) is 0 Å². The fraction of sp³-hybridized carbons (Fsp3) is 0.250. The largest absolute Gasteiger partial charge is 0.334 e. The van der Waals surface area contributed by atoms with Crippen LogP contribution in [-0.4, -0.2) is 41.7 Å². The number of amides is 2. The van der Waals surface area contributed by atoms with Gasteiger partial charge in [-0.3, -0.25) is 4.98 Å². The standard InChI is InChI=1S/C24H24N4O3S/c29-23(26-16-19-7-2-1-3-8-19)27-14-12-24(18-27)21-10-4-5-11-22(21)32(30,31)28(24)17-20-9-6-13-25-15-20/h1-11,13,15H,12,14,16-18H2,(H,26,29). The third kappa shape index (κ3) is 3.45. The summed E-state index contributed by atoms with van der Waals surface area (Å²) in [5, 5.41) is 2.97. The molecular formula is C24H24N4O3S. The minimum atomic E-state index is -3.69. The number of pyridine rings is 1. The molecule has 1 aromatic heterocycles. The lowest BCUT2D eigenvalue weighted by Crippen LogP contribution is -2.47. The van der Waals surface area contributed by atoms with Crippen molar-refractivity contribution in [2.45, 2.75) is 29.9 Å².